The number of carbonyl (C=O) groups is 1. The molecule has 2 aromatic rings. The highest BCUT2D eigenvalue weighted by Crippen LogP contribution is 2.13. The Bertz CT molecular complexity index is 638. The van der Waals surface area contributed by atoms with E-state index in [1.165, 1.54) is 0 Å². The van der Waals surface area contributed by atoms with Crippen molar-refractivity contribution in [2.24, 2.45) is 5.73 Å². The van der Waals surface area contributed by atoms with Gasteiger partial charge in [-0.25, -0.2) is 0 Å². The van der Waals surface area contributed by atoms with Crippen molar-refractivity contribution in [1.82, 2.24) is 0 Å². The fourth-order valence-electron chi connectivity index (χ4n) is 1.90. The van der Waals surface area contributed by atoms with Crippen LogP contribution in [0.4, 0.5) is 5.69 Å². The molecule has 0 saturated carbocycles. The van der Waals surface area contributed by atoms with Crippen molar-refractivity contribution < 1.29 is 4.79 Å². The van der Waals surface area contributed by atoms with Crippen LogP contribution in [0.25, 0.3) is 0 Å². The van der Waals surface area contributed by atoms with Gasteiger partial charge in [0.15, 0.2) is 0 Å². The minimum atomic E-state index is -0.0700. The van der Waals surface area contributed by atoms with Crippen LogP contribution in [0.5, 0.6) is 0 Å². The molecule has 0 unspecified atom stereocenters. The average Bonchev–Trinajstić information content (AvgIpc) is 2.43. The number of amides is 1. The lowest BCUT2D eigenvalue weighted by Gasteiger charge is -2.07. The van der Waals surface area contributed by atoms with Crippen molar-refractivity contribution in [2.45, 2.75) is 12.8 Å². The Morgan fingerprint density at radius 2 is 1.52 bits per heavy atom. The van der Waals surface area contributed by atoms with E-state index in [1.54, 1.807) is 12.1 Å². The minimum absolute atomic E-state index is 0.0700. The summed E-state index contributed by atoms with van der Waals surface area (Å²) >= 11 is 10.7. The average molecular weight is 319 g/mol. The topological polar surface area (TPSA) is 55.1 Å². The molecule has 0 heterocycles. The molecule has 0 saturated heterocycles. The molecule has 0 aliphatic heterocycles. The van der Waals surface area contributed by atoms with E-state index in [1.807, 2.05) is 36.4 Å². The molecular formula is C16H15ClN2OS. The first-order valence-electron chi connectivity index (χ1n) is 6.44. The van der Waals surface area contributed by atoms with E-state index in [4.69, 9.17) is 29.6 Å². The Labute approximate surface area is 134 Å². The lowest BCUT2D eigenvalue weighted by molar-refractivity contribution is -0.115. The van der Waals surface area contributed by atoms with E-state index in [9.17, 15) is 4.79 Å². The van der Waals surface area contributed by atoms with Crippen molar-refractivity contribution in [2.75, 3.05) is 5.32 Å². The maximum atomic E-state index is 11.9. The molecule has 2 aromatic carbocycles. The van der Waals surface area contributed by atoms with Crippen molar-refractivity contribution >= 4 is 40.4 Å². The summed E-state index contributed by atoms with van der Waals surface area (Å²) in [4.78, 5) is 12.4. The predicted octanol–water partition coefficient (Wildman–Crippen LogP) is 3.35. The van der Waals surface area contributed by atoms with E-state index in [2.05, 4.69) is 5.32 Å². The van der Waals surface area contributed by atoms with Gasteiger partial charge in [-0.1, -0.05) is 48.1 Å². The molecule has 3 nitrogen and oxygen atoms in total. The van der Waals surface area contributed by atoms with Gasteiger partial charge in [-0.2, -0.15) is 0 Å². The Balaban J connectivity index is 1.93. The summed E-state index contributed by atoms with van der Waals surface area (Å²) in [6, 6.07) is 14.7. The summed E-state index contributed by atoms with van der Waals surface area (Å²) in [6.07, 6.45) is 0.875. The maximum Gasteiger partial charge on any atom is 0.228 e. The standard InChI is InChI=1S/C16H15ClN2OS/c17-13-5-1-12(2-6-13)10-16(20)19-14-7-3-11(4-8-14)9-15(18)21/h1-8H,9-10H2,(H2,18,21)(H,19,20). The van der Waals surface area contributed by atoms with Crippen LogP contribution in [0.2, 0.25) is 5.02 Å². The van der Waals surface area contributed by atoms with E-state index in [-0.39, 0.29) is 5.91 Å². The SMILES string of the molecule is NC(=S)Cc1ccc(NC(=O)Cc2ccc(Cl)cc2)cc1. The summed E-state index contributed by atoms with van der Waals surface area (Å²) in [7, 11) is 0. The molecule has 1 amide bonds. The molecule has 108 valence electrons. The summed E-state index contributed by atoms with van der Waals surface area (Å²) < 4.78 is 0. The maximum absolute atomic E-state index is 11.9. The summed E-state index contributed by atoms with van der Waals surface area (Å²) in [5.41, 5.74) is 8.19. The molecule has 0 atom stereocenters. The normalized spacial score (nSPS) is 10.1. The van der Waals surface area contributed by atoms with Gasteiger partial charge in [-0.15, -0.1) is 0 Å². The van der Waals surface area contributed by atoms with Crippen molar-refractivity contribution in [3.05, 3.63) is 64.7 Å². The highest BCUT2D eigenvalue weighted by molar-refractivity contribution is 7.80. The van der Waals surface area contributed by atoms with Gasteiger partial charge in [0.05, 0.1) is 11.4 Å². The van der Waals surface area contributed by atoms with Gasteiger partial charge in [0.2, 0.25) is 5.91 Å². The first-order valence-corrected chi connectivity index (χ1v) is 7.23. The molecule has 0 bridgehead atoms. The van der Waals surface area contributed by atoms with Crippen molar-refractivity contribution in [3.8, 4) is 0 Å². The van der Waals surface area contributed by atoms with Crippen LogP contribution in [0, 0.1) is 0 Å². The van der Waals surface area contributed by atoms with Crippen LogP contribution in [0.15, 0.2) is 48.5 Å². The number of nitrogens with two attached hydrogens (primary N) is 1. The van der Waals surface area contributed by atoms with Gasteiger partial charge in [0.25, 0.3) is 0 Å². The van der Waals surface area contributed by atoms with Gasteiger partial charge in [-0.3, -0.25) is 4.79 Å². The van der Waals surface area contributed by atoms with Crippen LogP contribution < -0.4 is 11.1 Å². The summed E-state index contributed by atoms with van der Waals surface area (Å²) in [6.45, 7) is 0. The molecule has 2 rings (SSSR count). The van der Waals surface area contributed by atoms with Gasteiger partial charge < -0.3 is 11.1 Å². The van der Waals surface area contributed by atoms with Crippen molar-refractivity contribution in [3.63, 3.8) is 0 Å². The smallest absolute Gasteiger partial charge is 0.228 e. The second-order valence-corrected chi connectivity index (χ2v) is 5.65. The van der Waals surface area contributed by atoms with Crippen LogP contribution in [0.3, 0.4) is 0 Å². The number of nitrogens with one attached hydrogen (secondary N) is 1. The molecule has 0 fully saturated rings. The van der Waals surface area contributed by atoms with E-state index in [0.29, 0.717) is 22.9 Å². The largest absolute Gasteiger partial charge is 0.393 e. The summed E-state index contributed by atoms with van der Waals surface area (Å²) in [5.74, 6) is -0.0700. The van der Waals surface area contributed by atoms with Crippen LogP contribution >= 0.6 is 23.8 Å². The molecule has 5 heteroatoms. The van der Waals surface area contributed by atoms with Crippen molar-refractivity contribution in [1.29, 1.82) is 0 Å². The molecule has 0 aromatic heterocycles. The number of hydrogen-bond donors (Lipinski definition) is 2. The second kappa shape index (κ2) is 7.20. The van der Waals surface area contributed by atoms with Gasteiger partial charge >= 0.3 is 0 Å². The molecule has 0 spiro atoms. The number of halogens is 1. The monoisotopic (exact) mass is 318 g/mol. The fourth-order valence-corrected chi connectivity index (χ4v) is 2.19. The molecular weight excluding hydrogens is 304 g/mol. The zero-order valence-electron chi connectivity index (χ0n) is 11.3. The Morgan fingerprint density at radius 1 is 1.00 bits per heavy atom. The number of benzene rings is 2. The van der Waals surface area contributed by atoms with Gasteiger partial charge in [0, 0.05) is 17.1 Å². The minimum Gasteiger partial charge on any atom is -0.393 e. The first-order chi connectivity index (χ1) is 10.0. The van der Waals surface area contributed by atoms with Gasteiger partial charge in [0.1, 0.15) is 0 Å². The molecule has 0 radical (unpaired) electrons. The van der Waals surface area contributed by atoms with Crippen LogP contribution in [0.1, 0.15) is 11.1 Å². The summed E-state index contributed by atoms with van der Waals surface area (Å²) in [5, 5.41) is 3.51. The first kappa shape index (κ1) is 15.5. The zero-order chi connectivity index (χ0) is 15.2. The van der Waals surface area contributed by atoms with E-state index < -0.39 is 0 Å². The van der Waals surface area contributed by atoms with E-state index in [0.717, 1.165) is 16.8 Å². The number of rotatable bonds is 5. The second-order valence-electron chi connectivity index (χ2n) is 4.69. The number of thiocarbonyl (C=S) groups is 1. The lowest BCUT2D eigenvalue weighted by Crippen LogP contribution is -2.14. The van der Waals surface area contributed by atoms with E-state index >= 15 is 0 Å². The third-order valence-corrected chi connectivity index (χ3v) is 3.29. The highest BCUT2D eigenvalue weighted by atomic mass is 35.5. The van der Waals surface area contributed by atoms with Gasteiger partial charge in [-0.05, 0) is 35.4 Å². The third kappa shape index (κ3) is 5.17. The molecule has 0 aliphatic rings. The predicted molar refractivity (Wildman–Crippen MR) is 90.7 cm³/mol. The quantitative estimate of drug-likeness (QED) is 0.831. The Morgan fingerprint density at radius 3 is 2.10 bits per heavy atom. The Hall–Kier alpha value is -1.91. The highest BCUT2D eigenvalue weighted by Gasteiger charge is 2.04. The molecule has 3 N–H and O–H groups in total. The molecule has 0 aliphatic carbocycles. The fraction of sp³-hybridized carbons (Fsp3) is 0.125. The number of anilines is 1. The van der Waals surface area contributed by atoms with Crippen LogP contribution in [-0.2, 0) is 17.6 Å². The third-order valence-electron chi connectivity index (χ3n) is 2.89. The zero-order valence-corrected chi connectivity index (χ0v) is 12.9. The molecule has 21 heavy (non-hydrogen) atoms. The van der Waals surface area contributed by atoms with Crippen LogP contribution in [-0.4, -0.2) is 10.9 Å². The Kier molecular flexibility index (Phi) is 5.31. The lowest BCUT2D eigenvalue weighted by atomic mass is 10.1. The number of carbonyl (C=O) groups excluding carboxylic acids is 1. The number of hydrogen-bond acceptors (Lipinski definition) is 2.